The summed E-state index contributed by atoms with van der Waals surface area (Å²) in [6.45, 7) is 1.60. The molecule has 1 aliphatic carbocycles. The molecule has 1 aromatic heterocycles. The minimum Gasteiger partial charge on any atom is -0.502 e. The van der Waals surface area contributed by atoms with Gasteiger partial charge in [-0.3, -0.25) is 19.7 Å². The average molecular weight is 469 g/mol. The van der Waals surface area contributed by atoms with E-state index in [9.17, 15) is 24.3 Å². The van der Waals surface area contributed by atoms with Gasteiger partial charge in [-0.25, -0.2) is 4.79 Å². The minimum atomic E-state index is -0.902. The zero-order valence-corrected chi connectivity index (χ0v) is 19.0. The fourth-order valence-corrected chi connectivity index (χ4v) is 4.67. The first-order valence-electron chi connectivity index (χ1n) is 11.1. The number of hydrogen-bond acceptors (Lipinski definition) is 7. The number of benzene rings is 1. The lowest BCUT2D eigenvalue weighted by Crippen LogP contribution is -2.52. The lowest BCUT2D eigenvalue weighted by molar-refractivity contribution is -0.125. The monoisotopic (exact) mass is 469 g/mol. The Morgan fingerprint density at radius 1 is 1.24 bits per heavy atom. The maximum atomic E-state index is 13.0. The molecule has 1 aliphatic heterocycles. The molecule has 2 heterocycles. The van der Waals surface area contributed by atoms with Gasteiger partial charge in [-0.1, -0.05) is 12.1 Å². The van der Waals surface area contributed by atoms with E-state index in [-0.39, 0.29) is 30.0 Å². The topological polar surface area (TPSA) is 147 Å². The molecular formula is C24H27N3O7. The number of amides is 4. The molecule has 10 nitrogen and oxygen atoms in total. The van der Waals surface area contributed by atoms with Crippen LogP contribution in [0, 0.1) is 6.92 Å². The van der Waals surface area contributed by atoms with E-state index >= 15 is 0 Å². The number of ether oxygens (including phenoxy) is 1. The standard InChI is InChI=1S/C24H27N3O7/c1-13-11-18(28)20(30)21(34-13)17(14-3-5-16(33-2)6-4-14)12-19(29)25-15-7-9-24(10-8-15)22(31)26-23(32)27-24/h3-6,11,15,17,30H,7-10,12H2,1-2H3,(H,25,29)(H2,26,27,31,32). The normalized spacial score (nSPS) is 22.7. The number of nitrogens with one attached hydrogen (secondary N) is 3. The van der Waals surface area contributed by atoms with Crippen molar-refractivity contribution in [2.45, 2.75) is 56.5 Å². The van der Waals surface area contributed by atoms with E-state index in [1.165, 1.54) is 6.07 Å². The summed E-state index contributed by atoms with van der Waals surface area (Å²) in [6, 6.07) is 7.50. The number of methoxy groups -OCH3 is 1. The molecule has 10 heteroatoms. The van der Waals surface area contributed by atoms with Crippen molar-refractivity contribution >= 4 is 17.8 Å². The summed E-state index contributed by atoms with van der Waals surface area (Å²) >= 11 is 0. The van der Waals surface area contributed by atoms with Gasteiger partial charge in [0.25, 0.3) is 5.91 Å². The summed E-state index contributed by atoms with van der Waals surface area (Å²) in [5.41, 5.74) is -0.805. The summed E-state index contributed by atoms with van der Waals surface area (Å²) in [5, 5.41) is 18.4. The molecule has 2 aliphatic rings. The van der Waals surface area contributed by atoms with E-state index < -0.39 is 28.7 Å². The van der Waals surface area contributed by atoms with E-state index in [2.05, 4.69) is 16.0 Å². The first-order valence-corrected chi connectivity index (χ1v) is 11.1. The fraction of sp³-hybridized carbons (Fsp3) is 0.417. The molecule has 0 bridgehead atoms. The fourth-order valence-electron chi connectivity index (χ4n) is 4.67. The number of urea groups is 1. The zero-order valence-electron chi connectivity index (χ0n) is 19.0. The summed E-state index contributed by atoms with van der Waals surface area (Å²) in [4.78, 5) is 48.8. The largest absolute Gasteiger partial charge is 0.502 e. The van der Waals surface area contributed by atoms with Gasteiger partial charge in [-0.05, 0) is 50.3 Å². The van der Waals surface area contributed by atoms with Gasteiger partial charge in [-0.15, -0.1) is 0 Å². The van der Waals surface area contributed by atoms with E-state index in [1.54, 1.807) is 38.3 Å². The Kier molecular flexibility index (Phi) is 6.32. The molecule has 1 saturated heterocycles. The third kappa shape index (κ3) is 4.61. The van der Waals surface area contributed by atoms with Crippen LogP contribution in [0.1, 0.15) is 55.1 Å². The van der Waals surface area contributed by atoms with Crippen LogP contribution in [-0.2, 0) is 9.59 Å². The van der Waals surface area contributed by atoms with Crippen molar-refractivity contribution in [2.24, 2.45) is 0 Å². The van der Waals surface area contributed by atoms with Crippen LogP contribution >= 0.6 is 0 Å². The van der Waals surface area contributed by atoms with Crippen molar-refractivity contribution in [3.8, 4) is 11.5 Å². The second-order valence-electron chi connectivity index (χ2n) is 8.80. The maximum absolute atomic E-state index is 13.0. The number of rotatable bonds is 6. The highest BCUT2D eigenvalue weighted by atomic mass is 16.5. The second-order valence-corrected chi connectivity index (χ2v) is 8.80. The van der Waals surface area contributed by atoms with E-state index in [1.807, 2.05) is 0 Å². The minimum absolute atomic E-state index is 0.0262. The van der Waals surface area contributed by atoms with Crippen LogP contribution in [0.4, 0.5) is 4.79 Å². The first kappa shape index (κ1) is 23.3. The molecule has 1 unspecified atom stereocenters. The number of hydrogen-bond donors (Lipinski definition) is 4. The Labute approximate surface area is 195 Å². The van der Waals surface area contributed by atoms with Crippen LogP contribution in [0.2, 0.25) is 0 Å². The Balaban J connectivity index is 1.50. The third-order valence-corrected chi connectivity index (χ3v) is 6.52. The highest BCUT2D eigenvalue weighted by molar-refractivity contribution is 6.07. The van der Waals surface area contributed by atoms with Gasteiger partial charge >= 0.3 is 6.03 Å². The van der Waals surface area contributed by atoms with Gasteiger partial charge in [0, 0.05) is 18.5 Å². The summed E-state index contributed by atoms with van der Waals surface area (Å²) in [7, 11) is 1.54. The Morgan fingerprint density at radius 3 is 2.50 bits per heavy atom. The zero-order chi connectivity index (χ0) is 24.5. The van der Waals surface area contributed by atoms with Crippen LogP contribution in [-0.4, -0.2) is 41.6 Å². The van der Waals surface area contributed by atoms with Crippen molar-refractivity contribution < 1.29 is 28.6 Å². The Bertz CT molecular complexity index is 1160. The highest BCUT2D eigenvalue weighted by Crippen LogP contribution is 2.35. The van der Waals surface area contributed by atoms with Gasteiger partial charge in [0.15, 0.2) is 5.76 Å². The quantitative estimate of drug-likeness (QED) is 0.472. The first-order chi connectivity index (χ1) is 16.2. The van der Waals surface area contributed by atoms with Crippen molar-refractivity contribution in [2.75, 3.05) is 7.11 Å². The lowest BCUT2D eigenvalue weighted by Gasteiger charge is -2.35. The van der Waals surface area contributed by atoms with Crippen LogP contribution in [0.15, 0.2) is 39.5 Å². The molecule has 1 saturated carbocycles. The van der Waals surface area contributed by atoms with Crippen LogP contribution in [0.5, 0.6) is 11.5 Å². The van der Waals surface area contributed by atoms with Gasteiger partial charge in [-0.2, -0.15) is 0 Å². The molecule has 1 atom stereocenters. The van der Waals surface area contributed by atoms with E-state index in [0.29, 0.717) is 42.8 Å². The molecular weight excluding hydrogens is 442 g/mol. The van der Waals surface area contributed by atoms with Gasteiger partial charge in [0.05, 0.1) is 13.0 Å². The molecule has 4 N–H and O–H groups in total. The number of aryl methyl sites for hydroxylation is 1. The number of carbonyl (C=O) groups excluding carboxylic acids is 3. The van der Waals surface area contributed by atoms with Crippen LogP contribution < -0.4 is 26.1 Å². The predicted octanol–water partition coefficient (Wildman–Crippen LogP) is 1.82. The highest BCUT2D eigenvalue weighted by Gasteiger charge is 2.48. The van der Waals surface area contributed by atoms with Crippen molar-refractivity contribution in [1.29, 1.82) is 0 Å². The average Bonchev–Trinajstić information content (AvgIpc) is 3.08. The summed E-state index contributed by atoms with van der Waals surface area (Å²) < 4.78 is 10.9. The molecule has 2 fully saturated rings. The van der Waals surface area contributed by atoms with Crippen molar-refractivity contribution in [3.63, 3.8) is 0 Å². The summed E-state index contributed by atoms with van der Waals surface area (Å²) in [6.07, 6.45) is 1.83. The summed E-state index contributed by atoms with van der Waals surface area (Å²) in [5.74, 6) is -0.863. The van der Waals surface area contributed by atoms with E-state index in [4.69, 9.17) is 9.15 Å². The lowest BCUT2D eigenvalue weighted by atomic mass is 9.79. The predicted molar refractivity (Wildman–Crippen MR) is 121 cm³/mol. The SMILES string of the molecule is COc1ccc(C(CC(=O)NC2CCC3(CC2)NC(=O)NC3=O)c2oc(C)cc(=O)c2O)cc1. The molecule has 180 valence electrons. The molecule has 0 radical (unpaired) electrons. The molecule has 4 amide bonds. The smallest absolute Gasteiger partial charge is 0.322 e. The molecule has 34 heavy (non-hydrogen) atoms. The van der Waals surface area contributed by atoms with Crippen LogP contribution in [0.25, 0.3) is 0 Å². The molecule has 2 aromatic rings. The van der Waals surface area contributed by atoms with Gasteiger partial charge in [0.1, 0.15) is 17.0 Å². The third-order valence-electron chi connectivity index (χ3n) is 6.52. The number of carbonyl (C=O) groups is 3. The number of imide groups is 1. The molecule has 1 spiro atoms. The number of aromatic hydroxyl groups is 1. The Hall–Kier alpha value is -3.82. The van der Waals surface area contributed by atoms with Crippen molar-refractivity contribution in [3.05, 3.63) is 57.6 Å². The van der Waals surface area contributed by atoms with Crippen LogP contribution in [0.3, 0.4) is 0 Å². The molecule has 1 aromatic carbocycles. The molecule has 4 rings (SSSR count). The van der Waals surface area contributed by atoms with Gasteiger partial charge < -0.3 is 24.9 Å². The second kappa shape index (κ2) is 9.20. The van der Waals surface area contributed by atoms with Crippen molar-refractivity contribution in [1.82, 2.24) is 16.0 Å². The van der Waals surface area contributed by atoms with E-state index in [0.717, 1.165) is 0 Å². The maximum Gasteiger partial charge on any atom is 0.322 e. The van der Waals surface area contributed by atoms with Gasteiger partial charge in [0.2, 0.25) is 17.1 Å². The Morgan fingerprint density at radius 2 is 1.91 bits per heavy atom.